The number of amides is 2. The van der Waals surface area contributed by atoms with Gasteiger partial charge in [0.1, 0.15) is 5.75 Å². The fraction of sp³-hybridized carbons (Fsp3) is 0.467. The Labute approximate surface area is 127 Å². The molecule has 1 atom stereocenters. The zero-order valence-electron chi connectivity index (χ0n) is 12.2. The molecule has 1 aromatic carbocycles. The SMILES string of the molecule is CCNC(=O)[C@@H]1CCN(C(=O)c2ccccc2OC(F)F)C1. The van der Waals surface area contributed by atoms with Crippen LogP contribution in [0.25, 0.3) is 0 Å². The normalized spacial score (nSPS) is 17.6. The molecule has 0 aromatic heterocycles. The van der Waals surface area contributed by atoms with Crippen LogP contribution in [-0.2, 0) is 4.79 Å². The number of hydrogen-bond acceptors (Lipinski definition) is 3. The van der Waals surface area contributed by atoms with Crippen LogP contribution in [0, 0.1) is 5.92 Å². The van der Waals surface area contributed by atoms with Gasteiger partial charge >= 0.3 is 6.61 Å². The van der Waals surface area contributed by atoms with E-state index >= 15 is 0 Å². The number of nitrogens with one attached hydrogen (secondary N) is 1. The Hall–Kier alpha value is -2.18. The minimum atomic E-state index is -2.99. The first-order chi connectivity index (χ1) is 10.5. The van der Waals surface area contributed by atoms with Crippen molar-refractivity contribution >= 4 is 11.8 Å². The number of carbonyl (C=O) groups is 2. The molecule has 7 heteroatoms. The number of alkyl halides is 2. The van der Waals surface area contributed by atoms with Crippen LogP contribution in [-0.4, -0.2) is 43.0 Å². The lowest BCUT2D eigenvalue weighted by atomic mass is 10.1. The van der Waals surface area contributed by atoms with E-state index in [9.17, 15) is 18.4 Å². The van der Waals surface area contributed by atoms with Gasteiger partial charge in [0.15, 0.2) is 0 Å². The number of hydrogen-bond donors (Lipinski definition) is 1. The molecule has 1 fully saturated rings. The van der Waals surface area contributed by atoms with E-state index in [1.165, 1.54) is 23.1 Å². The van der Waals surface area contributed by atoms with E-state index in [1.807, 2.05) is 6.92 Å². The van der Waals surface area contributed by atoms with E-state index in [0.717, 1.165) is 0 Å². The van der Waals surface area contributed by atoms with Gasteiger partial charge in [-0.25, -0.2) is 0 Å². The predicted molar refractivity (Wildman–Crippen MR) is 75.8 cm³/mol. The van der Waals surface area contributed by atoms with Crippen molar-refractivity contribution in [1.82, 2.24) is 10.2 Å². The standard InChI is InChI=1S/C15H18F2N2O3/c1-2-18-13(20)10-7-8-19(9-10)14(21)11-5-3-4-6-12(11)22-15(16)17/h3-6,10,15H,2,7-9H2,1H3,(H,18,20)/t10-/m1/s1. The van der Waals surface area contributed by atoms with Crippen molar-refractivity contribution in [3.8, 4) is 5.75 Å². The molecule has 0 saturated carbocycles. The highest BCUT2D eigenvalue weighted by Crippen LogP contribution is 2.25. The van der Waals surface area contributed by atoms with Crippen molar-refractivity contribution in [1.29, 1.82) is 0 Å². The molecule has 1 aliphatic heterocycles. The van der Waals surface area contributed by atoms with Crippen molar-refractivity contribution in [2.45, 2.75) is 20.0 Å². The average Bonchev–Trinajstić information content (AvgIpc) is 2.96. The lowest BCUT2D eigenvalue weighted by molar-refractivity contribution is -0.124. The molecule has 2 amide bonds. The number of rotatable bonds is 5. The number of ether oxygens (including phenoxy) is 1. The van der Waals surface area contributed by atoms with Gasteiger partial charge in [-0.2, -0.15) is 8.78 Å². The molecule has 1 heterocycles. The van der Waals surface area contributed by atoms with Crippen molar-refractivity contribution in [2.24, 2.45) is 5.92 Å². The minimum Gasteiger partial charge on any atom is -0.434 e. The van der Waals surface area contributed by atoms with Crippen LogP contribution in [0.2, 0.25) is 0 Å². The number of likely N-dealkylation sites (tertiary alicyclic amines) is 1. The maximum Gasteiger partial charge on any atom is 0.387 e. The second kappa shape index (κ2) is 7.20. The third-order valence-electron chi connectivity index (χ3n) is 3.53. The molecular formula is C15H18F2N2O3. The van der Waals surface area contributed by atoms with Crippen LogP contribution in [0.4, 0.5) is 8.78 Å². The summed E-state index contributed by atoms with van der Waals surface area (Å²) < 4.78 is 29.2. The summed E-state index contributed by atoms with van der Waals surface area (Å²) in [5, 5.41) is 2.72. The summed E-state index contributed by atoms with van der Waals surface area (Å²) in [5.41, 5.74) is 0.0827. The third kappa shape index (κ3) is 3.72. The molecule has 0 bridgehead atoms. The number of benzene rings is 1. The van der Waals surface area contributed by atoms with Crippen molar-refractivity contribution in [2.75, 3.05) is 19.6 Å². The quantitative estimate of drug-likeness (QED) is 0.903. The van der Waals surface area contributed by atoms with Gasteiger partial charge in [-0.3, -0.25) is 9.59 Å². The van der Waals surface area contributed by atoms with Crippen LogP contribution in [0.1, 0.15) is 23.7 Å². The maximum absolute atomic E-state index is 12.4. The van der Waals surface area contributed by atoms with E-state index < -0.39 is 12.5 Å². The summed E-state index contributed by atoms with van der Waals surface area (Å²) in [5.74, 6) is -0.894. The summed E-state index contributed by atoms with van der Waals surface area (Å²) >= 11 is 0. The van der Waals surface area contributed by atoms with Crippen molar-refractivity contribution in [3.63, 3.8) is 0 Å². The Bertz CT molecular complexity index is 551. The highest BCUT2D eigenvalue weighted by atomic mass is 19.3. The number of carbonyl (C=O) groups excluding carboxylic acids is 2. The van der Waals surface area contributed by atoms with Crippen LogP contribution in [0.5, 0.6) is 5.75 Å². The Morgan fingerprint density at radius 1 is 1.41 bits per heavy atom. The molecule has 1 aliphatic rings. The summed E-state index contributed by atoms with van der Waals surface area (Å²) in [4.78, 5) is 25.7. The van der Waals surface area contributed by atoms with Crippen molar-refractivity contribution in [3.05, 3.63) is 29.8 Å². The summed E-state index contributed by atoms with van der Waals surface area (Å²) in [6.07, 6.45) is 0.565. The summed E-state index contributed by atoms with van der Waals surface area (Å²) in [7, 11) is 0. The molecule has 0 unspecified atom stereocenters. The van der Waals surface area contributed by atoms with Gasteiger partial charge in [0.25, 0.3) is 5.91 Å². The number of nitrogens with zero attached hydrogens (tertiary/aromatic N) is 1. The van der Waals surface area contributed by atoms with Crippen molar-refractivity contribution < 1.29 is 23.1 Å². The van der Waals surface area contributed by atoms with Crippen LogP contribution < -0.4 is 10.1 Å². The zero-order valence-corrected chi connectivity index (χ0v) is 12.2. The van der Waals surface area contributed by atoms with E-state index in [-0.39, 0.29) is 29.7 Å². The van der Waals surface area contributed by atoms with E-state index in [4.69, 9.17) is 0 Å². The number of para-hydroxylation sites is 1. The molecule has 0 aliphatic carbocycles. The topological polar surface area (TPSA) is 58.6 Å². The predicted octanol–water partition coefficient (Wildman–Crippen LogP) is 1.89. The highest BCUT2D eigenvalue weighted by molar-refractivity contribution is 5.97. The molecule has 1 saturated heterocycles. The Balaban J connectivity index is 2.08. The summed E-state index contributed by atoms with van der Waals surface area (Å²) in [6.45, 7) is 0.0786. The third-order valence-corrected chi connectivity index (χ3v) is 3.53. The van der Waals surface area contributed by atoms with Gasteiger partial charge in [-0.1, -0.05) is 12.1 Å². The second-order valence-electron chi connectivity index (χ2n) is 5.01. The van der Waals surface area contributed by atoms with Gasteiger partial charge < -0.3 is 15.0 Å². The first-order valence-corrected chi connectivity index (χ1v) is 7.13. The van der Waals surface area contributed by atoms with Crippen LogP contribution in [0.3, 0.4) is 0 Å². The molecular weight excluding hydrogens is 294 g/mol. The van der Waals surface area contributed by atoms with Gasteiger partial charge in [0.05, 0.1) is 11.5 Å². The second-order valence-corrected chi connectivity index (χ2v) is 5.01. The Morgan fingerprint density at radius 2 is 2.14 bits per heavy atom. The first kappa shape index (κ1) is 16.2. The molecule has 22 heavy (non-hydrogen) atoms. The largest absolute Gasteiger partial charge is 0.434 e. The molecule has 2 rings (SSSR count). The Morgan fingerprint density at radius 3 is 2.82 bits per heavy atom. The van der Waals surface area contributed by atoms with Crippen LogP contribution in [0.15, 0.2) is 24.3 Å². The molecule has 5 nitrogen and oxygen atoms in total. The monoisotopic (exact) mass is 312 g/mol. The fourth-order valence-electron chi connectivity index (χ4n) is 2.49. The molecule has 0 radical (unpaired) electrons. The maximum atomic E-state index is 12.4. The highest BCUT2D eigenvalue weighted by Gasteiger charge is 2.32. The van der Waals surface area contributed by atoms with Crippen LogP contribution >= 0.6 is 0 Å². The molecule has 120 valence electrons. The summed E-state index contributed by atoms with van der Waals surface area (Å²) in [6, 6.07) is 5.88. The smallest absolute Gasteiger partial charge is 0.387 e. The Kier molecular flexibility index (Phi) is 5.30. The average molecular weight is 312 g/mol. The van der Waals surface area contributed by atoms with Gasteiger partial charge in [-0.15, -0.1) is 0 Å². The minimum absolute atomic E-state index is 0.0827. The lowest BCUT2D eigenvalue weighted by Gasteiger charge is -2.18. The number of halogens is 2. The van der Waals surface area contributed by atoms with Gasteiger partial charge in [-0.05, 0) is 25.5 Å². The zero-order chi connectivity index (χ0) is 16.1. The molecule has 1 aromatic rings. The van der Waals surface area contributed by atoms with E-state index in [1.54, 1.807) is 6.07 Å². The van der Waals surface area contributed by atoms with Gasteiger partial charge in [0.2, 0.25) is 5.91 Å². The lowest BCUT2D eigenvalue weighted by Crippen LogP contribution is -2.34. The first-order valence-electron chi connectivity index (χ1n) is 7.13. The van der Waals surface area contributed by atoms with E-state index in [0.29, 0.717) is 19.5 Å². The van der Waals surface area contributed by atoms with E-state index in [2.05, 4.69) is 10.1 Å². The fourth-order valence-corrected chi connectivity index (χ4v) is 2.49. The van der Waals surface area contributed by atoms with Gasteiger partial charge in [0, 0.05) is 19.6 Å². The molecule has 0 spiro atoms. The molecule has 1 N–H and O–H groups in total.